The quantitative estimate of drug-likeness (QED) is 0.732. The van der Waals surface area contributed by atoms with Crippen molar-refractivity contribution in [3.8, 4) is 11.5 Å². The van der Waals surface area contributed by atoms with Crippen LogP contribution >= 0.6 is 0 Å². The fourth-order valence-electron chi connectivity index (χ4n) is 2.65. The van der Waals surface area contributed by atoms with Crippen molar-refractivity contribution >= 4 is 16.8 Å². The molecule has 0 spiro atoms. The molecule has 0 aliphatic carbocycles. The fraction of sp³-hybridized carbons (Fsp3) is 0.211. The summed E-state index contributed by atoms with van der Waals surface area (Å²) in [6, 6.07) is 13.4. The number of methoxy groups -OCH3 is 2. The van der Waals surface area contributed by atoms with Gasteiger partial charge >= 0.3 is 0 Å². The highest BCUT2D eigenvalue weighted by Crippen LogP contribution is 2.27. The lowest BCUT2D eigenvalue weighted by molar-refractivity contribution is 0.0954. The fourth-order valence-corrected chi connectivity index (χ4v) is 2.65. The van der Waals surface area contributed by atoms with Crippen LogP contribution in [-0.4, -0.2) is 31.7 Å². The Balaban J connectivity index is 1.60. The number of aromatic amines is 1. The van der Waals surface area contributed by atoms with Gasteiger partial charge in [0.25, 0.3) is 5.91 Å². The number of benzene rings is 2. The number of hydrogen-bond acceptors (Lipinski definition) is 3. The maximum absolute atomic E-state index is 12.3. The molecular formula is C19H20N2O3. The molecule has 0 bridgehead atoms. The molecule has 0 radical (unpaired) electrons. The molecule has 0 aliphatic heterocycles. The number of H-pyrrole nitrogens is 1. The first-order valence-electron chi connectivity index (χ1n) is 7.77. The molecule has 2 N–H and O–H groups in total. The van der Waals surface area contributed by atoms with E-state index in [1.165, 1.54) is 0 Å². The third-order valence-electron chi connectivity index (χ3n) is 3.96. The van der Waals surface area contributed by atoms with Gasteiger partial charge in [-0.25, -0.2) is 0 Å². The van der Waals surface area contributed by atoms with Crippen LogP contribution in [0.15, 0.2) is 48.7 Å². The largest absolute Gasteiger partial charge is 0.493 e. The highest BCUT2D eigenvalue weighted by Gasteiger charge is 2.08. The molecule has 124 valence electrons. The predicted octanol–water partition coefficient (Wildman–Crippen LogP) is 3.16. The van der Waals surface area contributed by atoms with E-state index < -0.39 is 0 Å². The van der Waals surface area contributed by atoms with Gasteiger partial charge in [0.05, 0.1) is 14.2 Å². The Labute approximate surface area is 140 Å². The third-order valence-corrected chi connectivity index (χ3v) is 3.96. The molecule has 3 aromatic rings. The van der Waals surface area contributed by atoms with Crippen LogP contribution in [0.1, 0.15) is 15.9 Å². The van der Waals surface area contributed by atoms with E-state index in [2.05, 4.69) is 10.3 Å². The number of aromatic nitrogens is 1. The maximum Gasteiger partial charge on any atom is 0.251 e. The zero-order valence-corrected chi connectivity index (χ0v) is 13.8. The predicted molar refractivity (Wildman–Crippen MR) is 93.9 cm³/mol. The van der Waals surface area contributed by atoms with E-state index in [0.29, 0.717) is 23.6 Å². The summed E-state index contributed by atoms with van der Waals surface area (Å²) >= 11 is 0. The van der Waals surface area contributed by atoms with Crippen molar-refractivity contribution in [1.29, 1.82) is 0 Å². The van der Waals surface area contributed by atoms with Crippen LogP contribution in [0, 0.1) is 0 Å². The Morgan fingerprint density at radius 3 is 2.67 bits per heavy atom. The summed E-state index contributed by atoms with van der Waals surface area (Å²) in [6.45, 7) is 0.553. The van der Waals surface area contributed by atoms with Crippen molar-refractivity contribution in [2.45, 2.75) is 6.42 Å². The first kappa shape index (κ1) is 15.9. The Morgan fingerprint density at radius 1 is 1.04 bits per heavy atom. The van der Waals surface area contributed by atoms with E-state index in [1.54, 1.807) is 14.2 Å². The molecule has 0 saturated carbocycles. The Kier molecular flexibility index (Phi) is 4.70. The van der Waals surface area contributed by atoms with E-state index in [4.69, 9.17) is 9.47 Å². The van der Waals surface area contributed by atoms with Crippen LogP contribution in [0.5, 0.6) is 11.5 Å². The van der Waals surface area contributed by atoms with E-state index >= 15 is 0 Å². The minimum Gasteiger partial charge on any atom is -0.493 e. The second-order valence-electron chi connectivity index (χ2n) is 5.47. The molecule has 3 rings (SSSR count). The van der Waals surface area contributed by atoms with Gasteiger partial charge in [-0.3, -0.25) is 4.79 Å². The number of fused-ring (bicyclic) bond motifs is 1. The number of carbonyl (C=O) groups excluding carboxylic acids is 1. The van der Waals surface area contributed by atoms with E-state index in [1.807, 2.05) is 48.7 Å². The lowest BCUT2D eigenvalue weighted by atomic mass is 10.1. The molecule has 0 aliphatic rings. The van der Waals surface area contributed by atoms with Crippen LogP contribution < -0.4 is 14.8 Å². The molecule has 1 heterocycles. The molecule has 5 nitrogen and oxygen atoms in total. The SMILES string of the molecule is COc1ccc(CCNC(=O)c2ccc3cc[nH]c3c2)cc1OC. The molecule has 24 heavy (non-hydrogen) atoms. The molecule has 5 heteroatoms. The molecule has 0 saturated heterocycles. The van der Waals surface area contributed by atoms with Gasteiger partial charge in [0.1, 0.15) is 0 Å². The van der Waals surface area contributed by atoms with E-state index in [-0.39, 0.29) is 5.91 Å². The molecule has 1 aromatic heterocycles. The summed E-state index contributed by atoms with van der Waals surface area (Å²) in [5, 5.41) is 4.04. The summed E-state index contributed by atoms with van der Waals surface area (Å²) in [7, 11) is 3.22. The Morgan fingerprint density at radius 2 is 1.88 bits per heavy atom. The molecule has 0 atom stereocenters. The van der Waals surface area contributed by atoms with Crippen molar-refractivity contribution in [2.24, 2.45) is 0 Å². The molecular weight excluding hydrogens is 304 g/mol. The molecule has 0 fully saturated rings. The topological polar surface area (TPSA) is 63.3 Å². The summed E-state index contributed by atoms with van der Waals surface area (Å²) < 4.78 is 10.5. The second kappa shape index (κ2) is 7.08. The van der Waals surface area contributed by atoms with Crippen LogP contribution in [-0.2, 0) is 6.42 Å². The lowest BCUT2D eigenvalue weighted by Gasteiger charge is -2.10. The van der Waals surface area contributed by atoms with Crippen molar-refractivity contribution in [1.82, 2.24) is 10.3 Å². The number of hydrogen-bond donors (Lipinski definition) is 2. The molecule has 2 aromatic carbocycles. The van der Waals surface area contributed by atoms with Crippen LogP contribution in [0.3, 0.4) is 0 Å². The number of ether oxygens (including phenoxy) is 2. The summed E-state index contributed by atoms with van der Waals surface area (Å²) in [6.07, 6.45) is 2.58. The number of rotatable bonds is 6. The minimum atomic E-state index is -0.0769. The van der Waals surface area contributed by atoms with E-state index in [0.717, 1.165) is 22.9 Å². The third kappa shape index (κ3) is 3.35. The number of nitrogens with one attached hydrogen (secondary N) is 2. The van der Waals surface area contributed by atoms with Crippen molar-refractivity contribution in [3.63, 3.8) is 0 Å². The van der Waals surface area contributed by atoms with Gasteiger partial charge < -0.3 is 19.8 Å². The number of amides is 1. The van der Waals surface area contributed by atoms with Gasteiger partial charge in [-0.2, -0.15) is 0 Å². The van der Waals surface area contributed by atoms with Crippen LogP contribution in [0.2, 0.25) is 0 Å². The maximum atomic E-state index is 12.3. The van der Waals surface area contributed by atoms with Gasteiger partial charge in [-0.05, 0) is 47.7 Å². The standard InChI is InChI=1S/C19H20N2O3/c1-23-17-6-3-13(11-18(17)24-2)7-9-21-19(22)15-5-4-14-8-10-20-16(14)12-15/h3-6,8,10-12,20H,7,9H2,1-2H3,(H,21,22). The zero-order chi connectivity index (χ0) is 16.9. The Bertz CT molecular complexity index is 855. The van der Waals surface area contributed by atoms with Crippen LogP contribution in [0.4, 0.5) is 0 Å². The van der Waals surface area contributed by atoms with E-state index in [9.17, 15) is 4.79 Å². The monoisotopic (exact) mass is 324 g/mol. The van der Waals surface area contributed by atoms with Crippen LogP contribution in [0.25, 0.3) is 10.9 Å². The summed E-state index contributed by atoms with van der Waals surface area (Å²) in [5.41, 5.74) is 2.69. The highest BCUT2D eigenvalue weighted by molar-refractivity contribution is 5.97. The first-order chi connectivity index (χ1) is 11.7. The van der Waals surface area contributed by atoms with Crippen molar-refractivity contribution in [3.05, 3.63) is 59.8 Å². The second-order valence-corrected chi connectivity index (χ2v) is 5.47. The summed E-state index contributed by atoms with van der Waals surface area (Å²) in [5.74, 6) is 1.31. The lowest BCUT2D eigenvalue weighted by Crippen LogP contribution is -2.25. The number of carbonyl (C=O) groups is 1. The van der Waals surface area contributed by atoms with Gasteiger partial charge in [-0.1, -0.05) is 12.1 Å². The molecule has 1 amide bonds. The molecule has 0 unspecified atom stereocenters. The minimum absolute atomic E-state index is 0.0769. The van der Waals surface area contributed by atoms with Gasteiger partial charge in [0.2, 0.25) is 0 Å². The van der Waals surface area contributed by atoms with Crippen molar-refractivity contribution in [2.75, 3.05) is 20.8 Å². The van der Waals surface area contributed by atoms with Gasteiger partial charge in [0.15, 0.2) is 11.5 Å². The average molecular weight is 324 g/mol. The average Bonchev–Trinajstić information content (AvgIpc) is 3.09. The zero-order valence-electron chi connectivity index (χ0n) is 13.8. The smallest absolute Gasteiger partial charge is 0.251 e. The Hall–Kier alpha value is -2.95. The summed E-state index contributed by atoms with van der Waals surface area (Å²) in [4.78, 5) is 15.4. The normalized spacial score (nSPS) is 10.6. The first-order valence-corrected chi connectivity index (χ1v) is 7.77. The highest BCUT2D eigenvalue weighted by atomic mass is 16.5. The van der Waals surface area contributed by atoms with Crippen molar-refractivity contribution < 1.29 is 14.3 Å². The van der Waals surface area contributed by atoms with Gasteiger partial charge in [0, 0.05) is 23.8 Å². The van der Waals surface area contributed by atoms with Gasteiger partial charge in [-0.15, -0.1) is 0 Å².